The summed E-state index contributed by atoms with van der Waals surface area (Å²) >= 11 is 3.42. The minimum absolute atomic E-state index is 0.000471. The summed E-state index contributed by atoms with van der Waals surface area (Å²) in [6.45, 7) is 3.03. The van der Waals surface area contributed by atoms with Crippen molar-refractivity contribution in [3.05, 3.63) is 93.5 Å². The Morgan fingerprint density at radius 2 is 1.71 bits per heavy atom. The van der Waals surface area contributed by atoms with Crippen LogP contribution in [0.4, 0.5) is 0 Å². The monoisotopic (exact) mass is 520 g/mol. The second-order valence-corrected chi connectivity index (χ2v) is 8.17. The van der Waals surface area contributed by atoms with Crippen molar-refractivity contribution in [2.45, 2.75) is 20.1 Å². The molecule has 0 aliphatic rings. The summed E-state index contributed by atoms with van der Waals surface area (Å²) in [5, 5.41) is 12.3. The van der Waals surface area contributed by atoms with Gasteiger partial charge in [-0.05, 0) is 66.1 Å². The van der Waals surface area contributed by atoms with Gasteiger partial charge in [-0.15, -0.1) is 0 Å². The molecule has 0 radical (unpaired) electrons. The van der Waals surface area contributed by atoms with E-state index >= 15 is 0 Å². The molecule has 0 aliphatic carbocycles. The Morgan fingerprint density at radius 3 is 2.35 bits per heavy atom. The highest BCUT2D eigenvalue weighted by molar-refractivity contribution is 9.10. The number of hydrogen-bond donors (Lipinski definition) is 1. The first-order valence-electron chi connectivity index (χ1n) is 10.7. The molecule has 174 valence electrons. The summed E-state index contributed by atoms with van der Waals surface area (Å²) in [6, 6.07) is 22.5. The Morgan fingerprint density at radius 1 is 1.00 bits per heavy atom. The second-order valence-electron chi connectivity index (χ2n) is 7.25. The van der Waals surface area contributed by atoms with Crippen LogP contribution in [0.2, 0.25) is 0 Å². The van der Waals surface area contributed by atoms with E-state index < -0.39 is 5.91 Å². The molecule has 0 aromatic heterocycles. The maximum absolute atomic E-state index is 12.6. The van der Waals surface area contributed by atoms with E-state index in [9.17, 15) is 10.1 Å². The largest absolute Gasteiger partial charge is 0.497 e. The number of rotatable bonds is 10. The fraction of sp³-hybridized carbons (Fsp3) is 0.185. The van der Waals surface area contributed by atoms with Crippen LogP contribution in [0.15, 0.2) is 76.8 Å². The fourth-order valence-electron chi connectivity index (χ4n) is 3.08. The third-order valence-electron chi connectivity index (χ3n) is 4.86. The lowest BCUT2D eigenvalue weighted by atomic mass is 10.1. The van der Waals surface area contributed by atoms with Crippen molar-refractivity contribution in [3.63, 3.8) is 0 Å². The normalized spacial score (nSPS) is 10.8. The van der Waals surface area contributed by atoms with Gasteiger partial charge in [-0.1, -0.05) is 46.3 Å². The number of nitriles is 1. The van der Waals surface area contributed by atoms with Crippen LogP contribution in [0.3, 0.4) is 0 Å². The van der Waals surface area contributed by atoms with Gasteiger partial charge in [0.05, 0.1) is 13.7 Å². The highest BCUT2D eigenvalue weighted by Gasteiger charge is 2.11. The van der Waals surface area contributed by atoms with Crippen molar-refractivity contribution in [2.75, 3.05) is 13.7 Å². The average Bonchev–Trinajstić information content (AvgIpc) is 2.86. The van der Waals surface area contributed by atoms with E-state index in [1.807, 2.05) is 61.5 Å². The number of ether oxygens (including phenoxy) is 3. The highest BCUT2D eigenvalue weighted by atomic mass is 79.9. The predicted molar refractivity (Wildman–Crippen MR) is 135 cm³/mol. The van der Waals surface area contributed by atoms with Crippen molar-refractivity contribution >= 4 is 27.9 Å². The number of nitrogens with one attached hydrogen (secondary N) is 1. The number of hydrogen-bond acceptors (Lipinski definition) is 5. The summed E-state index contributed by atoms with van der Waals surface area (Å²) in [5.74, 6) is 1.42. The quantitative estimate of drug-likeness (QED) is 0.275. The molecule has 0 spiro atoms. The maximum Gasteiger partial charge on any atom is 0.262 e. The standard InChI is InChI=1S/C27H25BrN2O4/c1-3-33-26-15-21(8-13-25(26)34-18-20-4-9-23(28)10-5-20)14-22(16-29)27(31)30-17-19-6-11-24(32-2)12-7-19/h4-15H,3,17-18H2,1-2H3,(H,30,31)/b22-14-. The zero-order valence-corrected chi connectivity index (χ0v) is 20.6. The van der Waals surface area contributed by atoms with Gasteiger partial charge in [0.2, 0.25) is 0 Å². The van der Waals surface area contributed by atoms with Gasteiger partial charge in [-0.2, -0.15) is 5.26 Å². The van der Waals surface area contributed by atoms with Crippen LogP contribution < -0.4 is 19.5 Å². The molecule has 3 aromatic carbocycles. The number of carbonyl (C=O) groups excluding carboxylic acids is 1. The zero-order valence-electron chi connectivity index (χ0n) is 19.0. The molecule has 0 bridgehead atoms. The summed E-state index contributed by atoms with van der Waals surface area (Å²) in [5.41, 5.74) is 2.59. The van der Waals surface area contributed by atoms with Gasteiger partial charge in [0, 0.05) is 11.0 Å². The summed E-state index contributed by atoms with van der Waals surface area (Å²) < 4.78 is 17.8. The van der Waals surface area contributed by atoms with Crippen LogP contribution in [-0.4, -0.2) is 19.6 Å². The lowest BCUT2D eigenvalue weighted by Crippen LogP contribution is -2.23. The summed E-state index contributed by atoms with van der Waals surface area (Å²) in [6.07, 6.45) is 1.53. The zero-order chi connectivity index (χ0) is 24.3. The van der Waals surface area contributed by atoms with Crippen LogP contribution in [0, 0.1) is 11.3 Å². The van der Waals surface area contributed by atoms with E-state index in [0.717, 1.165) is 21.3 Å². The van der Waals surface area contributed by atoms with Crippen LogP contribution in [0.5, 0.6) is 17.2 Å². The number of amides is 1. The summed E-state index contributed by atoms with van der Waals surface area (Å²) in [4.78, 5) is 12.6. The molecule has 0 fully saturated rings. The molecular weight excluding hydrogens is 496 g/mol. The number of methoxy groups -OCH3 is 1. The van der Waals surface area contributed by atoms with E-state index in [1.54, 1.807) is 25.3 Å². The third kappa shape index (κ3) is 7.12. The molecule has 0 unspecified atom stereocenters. The van der Waals surface area contributed by atoms with Crippen molar-refractivity contribution < 1.29 is 19.0 Å². The first-order valence-corrected chi connectivity index (χ1v) is 11.5. The molecule has 3 rings (SSSR count). The van der Waals surface area contributed by atoms with Gasteiger partial charge in [-0.3, -0.25) is 4.79 Å². The number of nitrogens with zero attached hydrogens (tertiary/aromatic N) is 1. The van der Waals surface area contributed by atoms with E-state index in [-0.39, 0.29) is 5.57 Å². The minimum Gasteiger partial charge on any atom is -0.497 e. The second kappa shape index (κ2) is 12.5. The molecule has 1 amide bonds. The molecule has 0 heterocycles. The third-order valence-corrected chi connectivity index (χ3v) is 5.39. The Labute approximate surface area is 207 Å². The Kier molecular flexibility index (Phi) is 9.12. The lowest BCUT2D eigenvalue weighted by molar-refractivity contribution is -0.117. The molecule has 3 aromatic rings. The first-order chi connectivity index (χ1) is 16.5. The van der Waals surface area contributed by atoms with Gasteiger partial charge >= 0.3 is 0 Å². The SMILES string of the molecule is CCOc1cc(/C=C(/C#N)C(=O)NCc2ccc(OC)cc2)ccc1OCc1ccc(Br)cc1. The van der Waals surface area contributed by atoms with Crippen molar-refractivity contribution in [3.8, 4) is 23.3 Å². The average molecular weight is 521 g/mol. The molecule has 1 N–H and O–H groups in total. The Hall–Kier alpha value is -3.76. The van der Waals surface area contributed by atoms with Crippen LogP contribution in [-0.2, 0) is 17.9 Å². The first kappa shape index (κ1) is 24.9. The van der Waals surface area contributed by atoms with Crippen LogP contribution >= 0.6 is 15.9 Å². The Balaban J connectivity index is 1.69. The van der Waals surface area contributed by atoms with Crippen molar-refractivity contribution in [1.82, 2.24) is 5.32 Å². The number of benzene rings is 3. The minimum atomic E-state index is -0.452. The lowest BCUT2D eigenvalue weighted by Gasteiger charge is -2.13. The van der Waals surface area contributed by atoms with Gasteiger partial charge in [0.15, 0.2) is 11.5 Å². The molecular formula is C27H25BrN2O4. The van der Waals surface area contributed by atoms with Crippen molar-refractivity contribution in [2.24, 2.45) is 0 Å². The van der Waals surface area contributed by atoms with E-state index in [2.05, 4.69) is 21.2 Å². The molecule has 0 atom stereocenters. The van der Waals surface area contributed by atoms with Gasteiger partial charge in [0.1, 0.15) is 24.0 Å². The molecule has 34 heavy (non-hydrogen) atoms. The van der Waals surface area contributed by atoms with Gasteiger partial charge in [0.25, 0.3) is 5.91 Å². The number of carbonyl (C=O) groups is 1. The highest BCUT2D eigenvalue weighted by Crippen LogP contribution is 2.30. The smallest absolute Gasteiger partial charge is 0.262 e. The van der Waals surface area contributed by atoms with Crippen LogP contribution in [0.1, 0.15) is 23.6 Å². The van der Waals surface area contributed by atoms with Gasteiger partial charge in [-0.25, -0.2) is 0 Å². The van der Waals surface area contributed by atoms with E-state index in [4.69, 9.17) is 14.2 Å². The van der Waals surface area contributed by atoms with Crippen LogP contribution in [0.25, 0.3) is 6.08 Å². The Bertz CT molecular complexity index is 1180. The van der Waals surface area contributed by atoms with E-state index in [1.165, 1.54) is 6.08 Å². The summed E-state index contributed by atoms with van der Waals surface area (Å²) in [7, 11) is 1.60. The van der Waals surface area contributed by atoms with Gasteiger partial charge < -0.3 is 19.5 Å². The fourth-order valence-corrected chi connectivity index (χ4v) is 3.34. The van der Waals surface area contributed by atoms with E-state index in [0.29, 0.717) is 36.8 Å². The maximum atomic E-state index is 12.6. The predicted octanol–water partition coefficient (Wildman–Crippen LogP) is 5.66. The number of halogens is 1. The topological polar surface area (TPSA) is 80.6 Å². The molecule has 0 saturated carbocycles. The molecule has 0 aliphatic heterocycles. The molecule has 7 heteroatoms. The van der Waals surface area contributed by atoms with Crippen molar-refractivity contribution in [1.29, 1.82) is 5.26 Å². The molecule has 0 saturated heterocycles. The molecule has 6 nitrogen and oxygen atoms in total.